The Hall–Kier alpha value is -6.23. The van der Waals surface area contributed by atoms with Crippen LogP contribution in [0.15, 0.2) is 71.7 Å². The fourth-order valence-electron chi connectivity index (χ4n) is 5.56. The van der Waals surface area contributed by atoms with Crippen molar-refractivity contribution in [2.75, 3.05) is 72.9 Å². The molecule has 2 aromatic carbocycles. The van der Waals surface area contributed by atoms with E-state index in [9.17, 15) is 37.6 Å². The van der Waals surface area contributed by atoms with Crippen molar-refractivity contribution in [3.63, 3.8) is 0 Å². The summed E-state index contributed by atoms with van der Waals surface area (Å²) in [6.07, 6.45) is -1.72. The summed E-state index contributed by atoms with van der Waals surface area (Å²) in [6.45, 7) is 4.29. The minimum Gasteiger partial charge on any atom is -0.377 e. The molecule has 4 aromatic rings. The molecule has 0 atom stereocenters. The summed E-state index contributed by atoms with van der Waals surface area (Å²) in [4.78, 5) is 50.2. The molecular weight excluding hydrogens is 763 g/mol. The standard InChI is InChI=1S/C39H46F3N9O7/c1-27-32(34-12-15-49-51(34)30-10-8-28(26-43)9-11-30)25-33(36(53)50(27)31-7-5-6-29(24-31)39(40,41)42)35(52)45-16-18-56-20-22-58-23-21-57-19-17-48-38(55)47-14-4-3-13-46-37(54)44-2/h5-12,15,24-25H,3-4,13-14,16-23H2,1-2H3,(H,45,52)(H2,44,46,54)(H2,47,48,55). The number of hydrogen-bond acceptors (Lipinski definition) is 9. The molecule has 0 unspecified atom stereocenters. The molecule has 0 bridgehead atoms. The molecule has 0 aliphatic carbocycles. The van der Waals surface area contributed by atoms with Gasteiger partial charge < -0.3 is 40.8 Å². The van der Waals surface area contributed by atoms with Gasteiger partial charge >= 0.3 is 18.2 Å². The molecule has 0 aliphatic heterocycles. The van der Waals surface area contributed by atoms with Gasteiger partial charge in [-0.1, -0.05) is 6.07 Å². The van der Waals surface area contributed by atoms with E-state index in [2.05, 4.69) is 31.7 Å². The normalized spacial score (nSPS) is 11.1. The van der Waals surface area contributed by atoms with E-state index < -0.39 is 23.2 Å². The molecule has 0 spiro atoms. The minimum absolute atomic E-state index is 0.0206. The van der Waals surface area contributed by atoms with Crippen molar-refractivity contribution in [1.29, 1.82) is 5.26 Å². The summed E-state index contributed by atoms with van der Waals surface area (Å²) < 4.78 is 60.2. The lowest BCUT2D eigenvalue weighted by atomic mass is 10.0. The number of carbonyl (C=O) groups is 3. The largest absolute Gasteiger partial charge is 0.416 e. The number of amides is 5. The van der Waals surface area contributed by atoms with Crippen molar-refractivity contribution in [2.24, 2.45) is 0 Å². The fraction of sp³-hybridized carbons (Fsp3) is 0.385. The van der Waals surface area contributed by atoms with Crippen molar-refractivity contribution in [2.45, 2.75) is 25.9 Å². The molecule has 4 rings (SSSR count). The Morgan fingerprint density at radius 2 is 1.38 bits per heavy atom. The molecule has 0 fully saturated rings. The Morgan fingerprint density at radius 1 is 0.776 bits per heavy atom. The number of urea groups is 2. The average Bonchev–Trinajstić information content (AvgIpc) is 3.70. The number of hydrogen-bond donors (Lipinski definition) is 5. The molecule has 0 radical (unpaired) electrons. The summed E-state index contributed by atoms with van der Waals surface area (Å²) in [7, 11) is 1.54. The number of halogens is 3. The van der Waals surface area contributed by atoms with E-state index in [1.54, 1.807) is 37.3 Å². The zero-order valence-electron chi connectivity index (χ0n) is 32.1. The monoisotopic (exact) mass is 809 g/mol. The lowest BCUT2D eigenvalue weighted by Gasteiger charge is -2.19. The molecule has 0 aliphatic rings. The molecule has 0 saturated carbocycles. The molecule has 310 valence electrons. The molecule has 0 saturated heterocycles. The first kappa shape index (κ1) is 44.5. The molecule has 16 nitrogen and oxygen atoms in total. The number of nitrogens with one attached hydrogen (secondary N) is 5. The molecule has 19 heteroatoms. The second-order valence-electron chi connectivity index (χ2n) is 12.5. The van der Waals surface area contributed by atoms with Gasteiger partial charge in [-0.3, -0.25) is 14.2 Å². The van der Waals surface area contributed by atoms with E-state index in [0.717, 1.165) is 23.1 Å². The van der Waals surface area contributed by atoms with E-state index in [0.29, 0.717) is 55.2 Å². The zero-order valence-corrected chi connectivity index (χ0v) is 32.1. The molecule has 2 aromatic heterocycles. The van der Waals surface area contributed by atoms with Gasteiger partial charge in [0.2, 0.25) is 0 Å². The third kappa shape index (κ3) is 13.2. The van der Waals surface area contributed by atoms with Crippen LogP contribution in [0.5, 0.6) is 0 Å². The summed E-state index contributed by atoms with van der Waals surface area (Å²) in [5, 5.41) is 26.8. The first-order valence-electron chi connectivity index (χ1n) is 18.4. The van der Waals surface area contributed by atoms with Crippen LogP contribution in [0.25, 0.3) is 22.6 Å². The predicted octanol–water partition coefficient (Wildman–Crippen LogP) is 3.68. The quantitative estimate of drug-likeness (QED) is 0.0779. The highest BCUT2D eigenvalue weighted by atomic mass is 19.4. The van der Waals surface area contributed by atoms with Gasteiger partial charge in [-0.05, 0) is 74.4 Å². The average molecular weight is 810 g/mol. The van der Waals surface area contributed by atoms with Crippen LogP contribution >= 0.6 is 0 Å². The number of aromatic nitrogens is 3. The predicted molar refractivity (Wildman–Crippen MR) is 207 cm³/mol. The third-order valence-electron chi connectivity index (χ3n) is 8.49. The smallest absolute Gasteiger partial charge is 0.377 e. The number of alkyl halides is 3. The highest BCUT2D eigenvalue weighted by Gasteiger charge is 2.31. The number of rotatable bonds is 21. The first-order valence-corrected chi connectivity index (χ1v) is 18.4. The van der Waals surface area contributed by atoms with Crippen molar-refractivity contribution in [3.8, 4) is 28.7 Å². The van der Waals surface area contributed by atoms with Crippen LogP contribution in [0.2, 0.25) is 0 Å². The first-order chi connectivity index (χ1) is 27.9. The SMILES string of the molecule is CNC(=O)NCCCCNC(=O)NCCOCCOCCOCCNC(=O)c1cc(-c2ccnn2-c2ccc(C#N)cc2)c(C)n(-c2cccc(C(F)(F)F)c2)c1=O. The van der Waals surface area contributed by atoms with E-state index >= 15 is 0 Å². The molecule has 58 heavy (non-hydrogen) atoms. The maximum absolute atomic E-state index is 13.9. The summed E-state index contributed by atoms with van der Waals surface area (Å²) in [6, 6.07) is 15.4. The second-order valence-corrected chi connectivity index (χ2v) is 12.5. The van der Waals surface area contributed by atoms with E-state index in [-0.39, 0.29) is 68.6 Å². The Kier molecular flexibility index (Phi) is 17.3. The Balaban J connectivity index is 1.26. The number of benzene rings is 2. The number of pyridine rings is 1. The summed E-state index contributed by atoms with van der Waals surface area (Å²) in [5.41, 5.74) is -0.103. The minimum atomic E-state index is -4.67. The third-order valence-corrected chi connectivity index (χ3v) is 8.49. The van der Waals surface area contributed by atoms with Gasteiger partial charge in [0.25, 0.3) is 11.5 Å². The van der Waals surface area contributed by atoms with Crippen LogP contribution in [0.1, 0.15) is 40.0 Å². The van der Waals surface area contributed by atoms with E-state index in [4.69, 9.17) is 14.2 Å². The van der Waals surface area contributed by atoms with Crippen LogP contribution in [0, 0.1) is 18.3 Å². The molecule has 5 N–H and O–H groups in total. The van der Waals surface area contributed by atoms with Gasteiger partial charge in [0, 0.05) is 50.2 Å². The topological polar surface area (TPSA) is 203 Å². The highest BCUT2D eigenvalue weighted by Crippen LogP contribution is 2.32. The second kappa shape index (κ2) is 22.5. The van der Waals surface area contributed by atoms with Crippen LogP contribution in [-0.4, -0.2) is 105 Å². The van der Waals surface area contributed by atoms with Gasteiger partial charge in [-0.2, -0.15) is 23.5 Å². The van der Waals surface area contributed by atoms with Gasteiger partial charge in [0.15, 0.2) is 0 Å². The van der Waals surface area contributed by atoms with Gasteiger partial charge in [-0.15, -0.1) is 0 Å². The van der Waals surface area contributed by atoms with Crippen LogP contribution in [0.3, 0.4) is 0 Å². The van der Waals surface area contributed by atoms with E-state index in [1.165, 1.54) is 36.1 Å². The number of unbranched alkanes of at least 4 members (excludes halogenated alkanes) is 1. The number of nitrogens with zero attached hydrogens (tertiary/aromatic N) is 4. The highest BCUT2D eigenvalue weighted by molar-refractivity contribution is 5.95. The van der Waals surface area contributed by atoms with Crippen molar-refractivity contribution >= 4 is 18.0 Å². The lowest BCUT2D eigenvalue weighted by Crippen LogP contribution is -2.38. The molecular formula is C39H46F3N9O7. The molecule has 5 amide bonds. The number of nitriles is 1. The zero-order chi connectivity index (χ0) is 41.9. The maximum Gasteiger partial charge on any atom is 0.416 e. The Morgan fingerprint density at radius 3 is 2.00 bits per heavy atom. The van der Waals surface area contributed by atoms with Crippen LogP contribution in [0.4, 0.5) is 22.8 Å². The number of carbonyl (C=O) groups excluding carboxylic acids is 3. The van der Waals surface area contributed by atoms with Crippen molar-refractivity contribution in [1.82, 2.24) is 40.9 Å². The fourth-order valence-corrected chi connectivity index (χ4v) is 5.56. The van der Waals surface area contributed by atoms with Crippen LogP contribution in [-0.2, 0) is 20.4 Å². The van der Waals surface area contributed by atoms with Gasteiger partial charge in [0.05, 0.1) is 74.4 Å². The Bertz CT molecular complexity index is 2080. The summed E-state index contributed by atoms with van der Waals surface area (Å²) >= 11 is 0. The maximum atomic E-state index is 13.9. The van der Waals surface area contributed by atoms with E-state index in [1.807, 2.05) is 6.07 Å². The van der Waals surface area contributed by atoms with Crippen molar-refractivity contribution in [3.05, 3.63) is 99.6 Å². The van der Waals surface area contributed by atoms with Gasteiger partial charge in [-0.25, -0.2) is 14.3 Å². The lowest BCUT2D eigenvalue weighted by molar-refractivity contribution is -0.137. The molecule has 2 heterocycles. The van der Waals surface area contributed by atoms with Crippen LogP contribution < -0.4 is 32.1 Å². The summed E-state index contributed by atoms with van der Waals surface area (Å²) in [5.74, 6) is -0.757. The van der Waals surface area contributed by atoms with Crippen molar-refractivity contribution < 1.29 is 41.8 Å². The van der Waals surface area contributed by atoms with Gasteiger partial charge in [0.1, 0.15) is 5.56 Å². The number of ether oxygens (including phenoxy) is 3. The Labute approximate surface area is 332 Å².